The highest BCUT2D eigenvalue weighted by molar-refractivity contribution is 5.71. The Balaban J connectivity index is 2.40. The number of aliphatic hydroxyl groups is 5. The van der Waals surface area contributed by atoms with Crippen LogP contribution in [-0.2, 0) is 23.8 Å². The smallest absolute Gasteiger partial charge is 0.399 e. The molecule has 1 saturated heterocycles. The van der Waals surface area contributed by atoms with Crippen LogP contribution in [0.4, 0.5) is 0 Å². The predicted molar refractivity (Wildman–Crippen MR) is 187 cm³/mol. The van der Waals surface area contributed by atoms with Crippen LogP contribution >= 0.6 is 0 Å². The molecule has 1 aliphatic rings. The highest BCUT2D eigenvalue weighted by atomic mass is 16.9. The molecule has 10 heteroatoms. The Hall–Kier alpha value is -1.30. The number of hydrogen-bond donors (Lipinski definition) is 5. The van der Waals surface area contributed by atoms with E-state index in [0.29, 0.717) is 12.8 Å². The summed E-state index contributed by atoms with van der Waals surface area (Å²) in [6.07, 6.45) is 23.3. The van der Waals surface area contributed by atoms with Crippen LogP contribution in [-0.4, -0.2) is 74.2 Å². The molecule has 48 heavy (non-hydrogen) atoms. The molecule has 5 atom stereocenters. The van der Waals surface area contributed by atoms with Crippen molar-refractivity contribution in [3.05, 3.63) is 0 Å². The van der Waals surface area contributed by atoms with E-state index in [0.717, 1.165) is 51.4 Å². The average molecular weight is 689 g/mol. The van der Waals surface area contributed by atoms with Crippen molar-refractivity contribution in [2.24, 2.45) is 0 Å². The average Bonchev–Trinajstić information content (AvgIpc) is 3.06. The van der Waals surface area contributed by atoms with E-state index in [1.165, 1.54) is 103 Å². The predicted octanol–water partition coefficient (Wildman–Crippen LogP) is 7.48. The van der Waals surface area contributed by atoms with Gasteiger partial charge in [-0.1, -0.05) is 168 Å². The summed E-state index contributed by atoms with van der Waals surface area (Å²) in [6, 6.07) is 0. The quantitative estimate of drug-likeness (QED) is 0.0280. The van der Waals surface area contributed by atoms with Gasteiger partial charge in [0.15, 0.2) is 6.10 Å². The summed E-state index contributed by atoms with van der Waals surface area (Å²) < 4.78 is 15.3. The first-order valence-corrected chi connectivity index (χ1v) is 19.7. The first-order chi connectivity index (χ1) is 23.1. The number of aliphatic hydroxyl groups excluding tert-OH is 3. The van der Waals surface area contributed by atoms with Crippen LogP contribution < -0.4 is 0 Å². The fraction of sp³-hybridized carbons (Fsp3) is 0.947. The molecule has 0 aromatic rings. The molecule has 1 rings (SSSR count). The molecule has 0 spiro atoms. The monoisotopic (exact) mass is 689 g/mol. The zero-order valence-corrected chi connectivity index (χ0v) is 30.5. The fourth-order valence-electron chi connectivity index (χ4n) is 6.35. The lowest BCUT2D eigenvalue weighted by atomic mass is 9.94. The van der Waals surface area contributed by atoms with Crippen LogP contribution in [0, 0.1) is 0 Å². The normalized spacial score (nSPS) is 24.1. The SMILES string of the molecule is CCCCCCCCCCCCCCCC(=O)O[C@@]1(O)O[C@H](CO)[C@@H](O)[C@H](O)[C@]1(O)OC(=O)CCCCCCCCCCCCCCC. The molecule has 0 bridgehead atoms. The van der Waals surface area contributed by atoms with Crippen LogP contribution in [0.25, 0.3) is 0 Å². The zero-order valence-electron chi connectivity index (χ0n) is 30.5. The van der Waals surface area contributed by atoms with Gasteiger partial charge in [-0.15, -0.1) is 0 Å². The highest BCUT2D eigenvalue weighted by Gasteiger charge is 2.70. The third-order valence-corrected chi connectivity index (χ3v) is 9.54. The van der Waals surface area contributed by atoms with Crippen molar-refractivity contribution >= 4 is 11.9 Å². The molecule has 0 unspecified atom stereocenters. The second-order valence-electron chi connectivity index (χ2n) is 14.0. The Morgan fingerprint density at radius 2 is 0.854 bits per heavy atom. The van der Waals surface area contributed by atoms with E-state index in [2.05, 4.69) is 13.8 Å². The fourth-order valence-corrected chi connectivity index (χ4v) is 6.35. The van der Waals surface area contributed by atoms with Gasteiger partial charge in [0.25, 0.3) is 0 Å². The van der Waals surface area contributed by atoms with Crippen molar-refractivity contribution in [3.8, 4) is 0 Å². The summed E-state index contributed by atoms with van der Waals surface area (Å²) in [7, 11) is 0. The van der Waals surface area contributed by atoms with Gasteiger partial charge in [-0.25, -0.2) is 0 Å². The van der Waals surface area contributed by atoms with Gasteiger partial charge in [0, 0.05) is 12.8 Å². The van der Waals surface area contributed by atoms with Gasteiger partial charge in [-0.3, -0.25) is 9.59 Å². The molecular weight excluding hydrogens is 616 g/mol. The van der Waals surface area contributed by atoms with Gasteiger partial charge in [0.05, 0.1) is 6.61 Å². The molecule has 0 aromatic heterocycles. The van der Waals surface area contributed by atoms with Crippen LogP contribution in [0.1, 0.15) is 194 Å². The molecule has 1 aliphatic heterocycles. The minimum Gasteiger partial charge on any atom is -0.420 e. The molecule has 10 nitrogen and oxygen atoms in total. The number of unbranched alkanes of at least 4 members (excludes halogenated alkanes) is 24. The molecule has 0 amide bonds. The first kappa shape index (κ1) is 44.7. The van der Waals surface area contributed by atoms with Gasteiger partial charge in [-0.05, 0) is 12.8 Å². The van der Waals surface area contributed by atoms with Gasteiger partial charge >= 0.3 is 23.7 Å². The molecular formula is C38H72O10. The summed E-state index contributed by atoms with van der Waals surface area (Å²) in [5.74, 6) is -8.51. The summed E-state index contributed by atoms with van der Waals surface area (Å²) >= 11 is 0. The second-order valence-corrected chi connectivity index (χ2v) is 14.0. The number of carbonyl (C=O) groups is 2. The molecule has 1 fully saturated rings. The van der Waals surface area contributed by atoms with E-state index >= 15 is 0 Å². The summed E-state index contributed by atoms with van der Waals surface area (Å²) in [4.78, 5) is 25.3. The van der Waals surface area contributed by atoms with Crippen molar-refractivity contribution in [3.63, 3.8) is 0 Å². The number of esters is 2. The van der Waals surface area contributed by atoms with Crippen molar-refractivity contribution in [2.75, 3.05) is 6.61 Å². The number of ether oxygens (including phenoxy) is 3. The van der Waals surface area contributed by atoms with Crippen molar-refractivity contribution in [1.82, 2.24) is 0 Å². The third-order valence-electron chi connectivity index (χ3n) is 9.54. The number of rotatable bonds is 31. The highest BCUT2D eigenvalue weighted by Crippen LogP contribution is 2.39. The van der Waals surface area contributed by atoms with Gasteiger partial charge in [0.1, 0.15) is 12.2 Å². The van der Waals surface area contributed by atoms with Crippen LogP contribution in [0.3, 0.4) is 0 Å². The maximum Gasteiger partial charge on any atom is 0.399 e. The summed E-state index contributed by atoms with van der Waals surface area (Å²) in [5, 5.41) is 52.9. The van der Waals surface area contributed by atoms with E-state index in [9.17, 15) is 35.1 Å². The largest absolute Gasteiger partial charge is 0.420 e. The van der Waals surface area contributed by atoms with Crippen molar-refractivity contribution in [2.45, 2.75) is 224 Å². The Kier molecular flexibility index (Phi) is 25.6. The van der Waals surface area contributed by atoms with Gasteiger partial charge in [0.2, 0.25) is 0 Å². The van der Waals surface area contributed by atoms with Crippen molar-refractivity contribution in [1.29, 1.82) is 0 Å². The van der Waals surface area contributed by atoms with Crippen molar-refractivity contribution < 1.29 is 49.3 Å². The summed E-state index contributed by atoms with van der Waals surface area (Å²) in [6.45, 7) is 3.59. The van der Waals surface area contributed by atoms with Crippen LogP contribution in [0.2, 0.25) is 0 Å². The Morgan fingerprint density at radius 1 is 0.542 bits per heavy atom. The summed E-state index contributed by atoms with van der Waals surface area (Å²) in [5.41, 5.74) is 0. The van der Waals surface area contributed by atoms with Crippen LogP contribution in [0.5, 0.6) is 0 Å². The topological polar surface area (TPSA) is 163 Å². The Bertz CT molecular complexity index is 810. The van der Waals surface area contributed by atoms with E-state index < -0.39 is 48.6 Å². The first-order valence-electron chi connectivity index (χ1n) is 19.7. The molecule has 0 aromatic carbocycles. The van der Waals surface area contributed by atoms with Gasteiger partial charge < -0.3 is 39.7 Å². The van der Waals surface area contributed by atoms with E-state index in [4.69, 9.17) is 14.2 Å². The van der Waals surface area contributed by atoms with Gasteiger partial charge in [-0.2, -0.15) is 0 Å². The second kappa shape index (κ2) is 27.4. The Morgan fingerprint density at radius 3 is 1.19 bits per heavy atom. The lowest BCUT2D eigenvalue weighted by Gasteiger charge is -2.49. The molecule has 0 aliphatic carbocycles. The van der Waals surface area contributed by atoms with E-state index in [1.807, 2.05) is 0 Å². The zero-order chi connectivity index (χ0) is 35.5. The third kappa shape index (κ3) is 18.1. The maximum atomic E-state index is 12.7. The molecule has 1 heterocycles. The Labute approximate surface area is 291 Å². The number of hydrogen-bond acceptors (Lipinski definition) is 10. The minimum absolute atomic E-state index is 0.102. The van der Waals surface area contributed by atoms with E-state index in [-0.39, 0.29) is 12.8 Å². The number of carbonyl (C=O) groups excluding carboxylic acids is 2. The standard InChI is InChI=1S/C38H72O10/c1-3-5-7-9-11-13-15-17-19-21-23-25-27-29-33(40)47-37(44)36(43)35(42)32(31-39)46-38(37,45)48-34(41)30-28-26-24-22-20-18-16-14-12-10-8-6-4-2/h32,35-36,39,42-45H,3-31H2,1-2H3/t32-,35-,36+,37+,38+/m1/s1. The van der Waals surface area contributed by atoms with E-state index in [1.54, 1.807) is 0 Å². The molecule has 0 saturated carbocycles. The lowest BCUT2D eigenvalue weighted by molar-refractivity contribution is -0.511. The maximum absolute atomic E-state index is 12.7. The molecule has 5 N–H and O–H groups in total. The lowest BCUT2D eigenvalue weighted by Crippen LogP contribution is -2.75. The molecule has 0 radical (unpaired) electrons. The molecule has 284 valence electrons. The van der Waals surface area contributed by atoms with Crippen LogP contribution in [0.15, 0.2) is 0 Å². The minimum atomic E-state index is -3.32.